The molecule has 7 heteroatoms. The van der Waals surface area contributed by atoms with Crippen LogP contribution in [0.15, 0.2) is 48.8 Å². The fourth-order valence-electron chi connectivity index (χ4n) is 2.98. The van der Waals surface area contributed by atoms with E-state index in [1.54, 1.807) is 0 Å². The molecule has 158 valence electrons. The largest absolute Gasteiger partial charge is 0.370 e. The lowest BCUT2D eigenvalue weighted by Gasteiger charge is -2.19. The van der Waals surface area contributed by atoms with Gasteiger partial charge in [0.05, 0.1) is 0 Å². The minimum Gasteiger partial charge on any atom is -0.370 e. The van der Waals surface area contributed by atoms with Crippen LogP contribution in [0.3, 0.4) is 0 Å². The molecule has 0 aliphatic rings. The maximum Gasteiger partial charge on any atom is 0.325 e. The molecule has 0 spiro atoms. The van der Waals surface area contributed by atoms with Gasteiger partial charge in [-0.15, -0.1) is 11.3 Å². The van der Waals surface area contributed by atoms with E-state index in [1.807, 2.05) is 36.7 Å². The summed E-state index contributed by atoms with van der Waals surface area (Å²) in [5.41, 5.74) is 3.19. The van der Waals surface area contributed by atoms with Crippen LogP contribution in [0.1, 0.15) is 43.7 Å². The molecule has 30 heavy (non-hydrogen) atoms. The van der Waals surface area contributed by atoms with Gasteiger partial charge in [-0.25, -0.2) is 14.8 Å². The highest BCUT2D eigenvalue weighted by molar-refractivity contribution is 7.15. The number of thiazole rings is 1. The zero-order valence-corrected chi connectivity index (χ0v) is 18.8. The molecular weight excluding hydrogens is 394 g/mol. The number of carbonyl (C=O) groups is 1. The number of aryl methyl sites for hydroxylation is 2. The summed E-state index contributed by atoms with van der Waals surface area (Å²) in [7, 11) is 0. The molecule has 0 radical (unpaired) electrons. The number of benzene rings is 1. The van der Waals surface area contributed by atoms with E-state index >= 15 is 0 Å². The van der Waals surface area contributed by atoms with Crippen LogP contribution in [0.5, 0.6) is 0 Å². The molecule has 2 aromatic heterocycles. The van der Waals surface area contributed by atoms with Crippen LogP contribution in [-0.4, -0.2) is 22.5 Å². The van der Waals surface area contributed by atoms with Crippen LogP contribution in [-0.2, 0) is 18.3 Å². The molecule has 0 fully saturated rings. The summed E-state index contributed by atoms with van der Waals surface area (Å²) in [6, 6.07) is 11.7. The van der Waals surface area contributed by atoms with E-state index in [9.17, 15) is 4.79 Å². The first-order chi connectivity index (χ1) is 14.3. The Bertz CT molecular complexity index is 993. The standard InChI is InChI=1S/C23H29N5OS/c1-5-24-20-13-16(11-12-25-20)9-10-19-15-26-22(30-19)28-21(29)27-18-8-6-7-17(14-18)23(2,3)4/h6-8,11-15H,5,9-10H2,1-4H3,(H,24,25)(H2,26,27,28,29). The molecule has 2 amide bonds. The van der Waals surface area contributed by atoms with Gasteiger partial charge in [-0.05, 0) is 60.6 Å². The number of urea groups is 1. The normalized spacial score (nSPS) is 11.2. The Morgan fingerprint density at radius 2 is 1.90 bits per heavy atom. The zero-order chi connectivity index (χ0) is 21.6. The van der Waals surface area contributed by atoms with Crippen LogP contribution in [0.4, 0.5) is 21.4 Å². The van der Waals surface area contributed by atoms with Gasteiger partial charge in [0.2, 0.25) is 0 Å². The minimum atomic E-state index is -0.286. The molecule has 0 saturated heterocycles. The number of aromatic nitrogens is 2. The minimum absolute atomic E-state index is 0.0283. The maximum absolute atomic E-state index is 12.4. The first-order valence-electron chi connectivity index (χ1n) is 10.2. The molecule has 0 bridgehead atoms. The van der Waals surface area contributed by atoms with Gasteiger partial charge in [0.15, 0.2) is 5.13 Å². The molecule has 0 aliphatic carbocycles. The highest BCUT2D eigenvalue weighted by Gasteiger charge is 2.14. The number of nitrogens with one attached hydrogen (secondary N) is 3. The van der Waals surface area contributed by atoms with Crippen molar-refractivity contribution in [3.05, 3.63) is 64.8 Å². The Labute approximate surface area is 182 Å². The van der Waals surface area contributed by atoms with E-state index in [0.717, 1.165) is 35.8 Å². The van der Waals surface area contributed by atoms with Crippen molar-refractivity contribution in [3.8, 4) is 0 Å². The third-order valence-corrected chi connectivity index (χ3v) is 5.58. The number of hydrogen-bond acceptors (Lipinski definition) is 5. The second-order valence-corrected chi connectivity index (χ2v) is 9.24. The van der Waals surface area contributed by atoms with Crippen molar-refractivity contribution in [1.82, 2.24) is 9.97 Å². The van der Waals surface area contributed by atoms with E-state index in [-0.39, 0.29) is 11.4 Å². The number of amides is 2. The van der Waals surface area contributed by atoms with Crippen molar-refractivity contribution < 1.29 is 4.79 Å². The van der Waals surface area contributed by atoms with Gasteiger partial charge < -0.3 is 10.6 Å². The summed E-state index contributed by atoms with van der Waals surface area (Å²) in [4.78, 5) is 22.1. The number of hydrogen-bond donors (Lipinski definition) is 3. The van der Waals surface area contributed by atoms with Crippen LogP contribution in [0.25, 0.3) is 0 Å². The maximum atomic E-state index is 12.4. The molecule has 6 nitrogen and oxygen atoms in total. The third kappa shape index (κ3) is 6.29. The summed E-state index contributed by atoms with van der Waals surface area (Å²) in [5.74, 6) is 0.897. The van der Waals surface area contributed by atoms with Gasteiger partial charge in [-0.1, -0.05) is 32.9 Å². The van der Waals surface area contributed by atoms with Crippen molar-refractivity contribution in [2.24, 2.45) is 0 Å². The van der Waals surface area contributed by atoms with Crippen LogP contribution in [0, 0.1) is 0 Å². The summed E-state index contributed by atoms with van der Waals surface area (Å²) in [6.07, 6.45) is 5.41. The summed E-state index contributed by atoms with van der Waals surface area (Å²) in [6.45, 7) is 9.35. The molecule has 3 aromatic rings. The molecule has 0 atom stereocenters. The highest BCUT2D eigenvalue weighted by Crippen LogP contribution is 2.25. The van der Waals surface area contributed by atoms with E-state index < -0.39 is 0 Å². The van der Waals surface area contributed by atoms with Gasteiger partial charge in [0.1, 0.15) is 5.82 Å². The molecule has 2 heterocycles. The lowest BCUT2D eigenvalue weighted by molar-refractivity contribution is 0.262. The Morgan fingerprint density at radius 1 is 1.07 bits per heavy atom. The molecular formula is C23H29N5OS. The van der Waals surface area contributed by atoms with Crippen LogP contribution >= 0.6 is 11.3 Å². The second kappa shape index (κ2) is 9.71. The van der Waals surface area contributed by atoms with Crippen LogP contribution in [0.2, 0.25) is 0 Å². The number of pyridine rings is 1. The van der Waals surface area contributed by atoms with Crippen molar-refractivity contribution in [2.45, 2.75) is 46.0 Å². The van der Waals surface area contributed by atoms with Crippen molar-refractivity contribution in [2.75, 3.05) is 22.5 Å². The summed E-state index contributed by atoms with van der Waals surface area (Å²) < 4.78 is 0. The Hall–Kier alpha value is -2.93. The summed E-state index contributed by atoms with van der Waals surface area (Å²) in [5, 5.41) is 9.54. The first-order valence-corrected chi connectivity index (χ1v) is 11.0. The molecule has 1 aromatic carbocycles. The first kappa shape index (κ1) is 21.8. The molecule has 3 N–H and O–H groups in total. The van der Waals surface area contributed by atoms with Gasteiger partial charge in [-0.2, -0.15) is 0 Å². The lowest BCUT2D eigenvalue weighted by Crippen LogP contribution is -2.20. The van der Waals surface area contributed by atoms with Crippen molar-refractivity contribution in [3.63, 3.8) is 0 Å². The smallest absolute Gasteiger partial charge is 0.325 e. The second-order valence-electron chi connectivity index (χ2n) is 8.12. The Kier molecular flexibility index (Phi) is 7.05. The molecule has 0 unspecified atom stereocenters. The van der Waals surface area contributed by atoms with Gasteiger partial charge in [0.25, 0.3) is 0 Å². The predicted octanol–water partition coefficient (Wildman–Crippen LogP) is 5.70. The topological polar surface area (TPSA) is 78.9 Å². The van der Waals surface area contributed by atoms with E-state index in [4.69, 9.17) is 0 Å². The Balaban J connectivity index is 1.54. The van der Waals surface area contributed by atoms with E-state index in [1.165, 1.54) is 22.5 Å². The average molecular weight is 424 g/mol. The molecule has 3 rings (SSSR count). The Morgan fingerprint density at radius 3 is 2.67 bits per heavy atom. The molecule has 0 aliphatic heterocycles. The number of rotatable bonds is 7. The van der Waals surface area contributed by atoms with Crippen LogP contribution < -0.4 is 16.0 Å². The third-order valence-electron chi connectivity index (χ3n) is 4.60. The quantitative estimate of drug-likeness (QED) is 0.456. The summed E-state index contributed by atoms with van der Waals surface area (Å²) >= 11 is 1.50. The van der Waals surface area contributed by atoms with E-state index in [0.29, 0.717) is 5.13 Å². The van der Waals surface area contributed by atoms with Gasteiger partial charge in [0, 0.05) is 29.5 Å². The highest BCUT2D eigenvalue weighted by atomic mass is 32.1. The van der Waals surface area contributed by atoms with Gasteiger partial charge >= 0.3 is 6.03 Å². The zero-order valence-electron chi connectivity index (χ0n) is 18.0. The number of anilines is 3. The van der Waals surface area contributed by atoms with E-state index in [2.05, 4.69) is 65.7 Å². The number of nitrogens with zero attached hydrogens (tertiary/aromatic N) is 2. The van der Waals surface area contributed by atoms with Crippen molar-refractivity contribution in [1.29, 1.82) is 0 Å². The van der Waals surface area contributed by atoms with Crippen molar-refractivity contribution >= 4 is 34.0 Å². The predicted molar refractivity (Wildman–Crippen MR) is 126 cm³/mol. The fourth-order valence-corrected chi connectivity index (χ4v) is 3.79. The lowest BCUT2D eigenvalue weighted by atomic mass is 9.87. The fraction of sp³-hybridized carbons (Fsp3) is 0.348. The monoisotopic (exact) mass is 423 g/mol. The average Bonchev–Trinajstić information content (AvgIpc) is 3.14. The number of carbonyl (C=O) groups excluding carboxylic acids is 1. The van der Waals surface area contributed by atoms with Gasteiger partial charge in [-0.3, -0.25) is 5.32 Å². The molecule has 0 saturated carbocycles. The SMILES string of the molecule is CCNc1cc(CCc2cnc(NC(=O)Nc3cccc(C(C)(C)C)c3)s2)ccn1.